The topological polar surface area (TPSA) is 78.4 Å². The Morgan fingerprint density at radius 3 is 2.70 bits per heavy atom. The molecule has 0 aliphatic carbocycles. The van der Waals surface area contributed by atoms with Crippen LogP contribution in [0.5, 0.6) is 0 Å². The SMILES string of the molecule is CC(Cc1ccsc1)NC(=O)NC(C)(C)CCC(=O)O. The molecule has 1 aromatic heterocycles. The third-order valence-corrected chi connectivity index (χ3v) is 3.65. The molecule has 0 aromatic carbocycles. The summed E-state index contributed by atoms with van der Waals surface area (Å²) in [6, 6.07) is 1.81. The van der Waals surface area contributed by atoms with Gasteiger partial charge in [0.25, 0.3) is 0 Å². The summed E-state index contributed by atoms with van der Waals surface area (Å²) in [5.41, 5.74) is 0.665. The van der Waals surface area contributed by atoms with Gasteiger partial charge in [-0.05, 0) is 56.0 Å². The van der Waals surface area contributed by atoms with Crippen LogP contribution < -0.4 is 10.6 Å². The first-order valence-electron chi connectivity index (χ1n) is 6.60. The molecule has 0 bridgehead atoms. The van der Waals surface area contributed by atoms with Crippen LogP contribution in [-0.2, 0) is 11.2 Å². The van der Waals surface area contributed by atoms with Gasteiger partial charge in [0.1, 0.15) is 0 Å². The standard InChI is InChI=1S/C14H22N2O3S/c1-10(8-11-5-7-20-9-11)15-13(19)16-14(2,3)6-4-12(17)18/h5,7,9-10H,4,6,8H2,1-3H3,(H,17,18)(H2,15,16,19). The van der Waals surface area contributed by atoms with Crippen molar-refractivity contribution in [1.82, 2.24) is 10.6 Å². The van der Waals surface area contributed by atoms with Gasteiger partial charge in [-0.15, -0.1) is 0 Å². The molecule has 3 N–H and O–H groups in total. The molecule has 0 aliphatic heterocycles. The molecule has 0 saturated heterocycles. The first-order valence-corrected chi connectivity index (χ1v) is 7.54. The van der Waals surface area contributed by atoms with Crippen LogP contribution in [0.15, 0.2) is 16.8 Å². The van der Waals surface area contributed by atoms with E-state index in [9.17, 15) is 9.59 Å². The van der Waals surface area contributed by atoms with Crippen molar-refractivity contribution in [2.75, 3.05) is 0 Å². The molecule has 1 heterocycles. The van der Waals surface area contributed by atoms with Crippen LogP contribution in [0.1, 0.15) is 39.2 Å². The predicted octanol–water partition coefficient (Wildman–Crippen LogP) is 2.62. The normalized spacial score (nSPS) is 12.8. The molecule has 0 aliphatic rings. The summed E-state index contributed by atoms with van der Waals surface area (Å²) in [6.45, 7) is 5.58. The number of carbonyl (C=O) groups is 2. The second kappa shape index (κ2) is 7.28. The average Bonchev–Trinajstić information content (AvgIpc) is 2.78. The van der Waals surface area contributed by atoms with Crippen molar-refractivity contribution in [3.63, 3.8) is 0 Å². The van der Waals surface area contributed by atoms with E-state index in [4.69, 9.17) is 5.11 Å². The highest BCUT2D eigenvalue weighted by Crippen LogP contribution is 2.11. The monoisotopic (exact) mass is 298 g/mol. The van der Waals surface area contributed by atoms with Gasteiger partial charge in [-0.2, -0.15) is 11.3 Å². The number of nitrogens with one attached hydrogen (secondary N) is 2. The molecule has 1 atom stereocenters. The molecule has 1 unspecified atom stereocenters. The van der Waals surface area contributed by atoms with Crippen LogP contribution in [0.25, 0.3) is 0 Å². The molecule has 0 saturated carbocycles. The number of carbonyl (C=O) groups excluding carboxylic acids is 1. The number of amides is 2. The smallest absolute Gasteiger partial charge is 0.315 e. The number of thiophene rings is 1. The van der Waals surface area contributed by atoms with Crippen LogP contribution in [0.3, 0.4) is 0 Å². The van der Waals surface area contributed by atoms with Crippen molar-refractivity contribution in [2.24, 2.45) is 0 Å². The van der Waals surface area contributed by atoms with E-state index in [2.05, 4.69) is 16.0 Å². The second-order valence-electron chi connectivity index (χ2n) is 5.61. The van der Waals surface area contributed by atoms with Crippen molar-refractivity contribution < 1.29 is 14.7 Å². The van der Waals surface area contributed by atoms with E-state index in [1.165, 1.54) is 5.56 Å². The number of carboxylic acid groups (broad SMARTS) is 1. The highest BCUT2D eigenvalue weighted by molar-refractivity contribution is 7.07. The Labute approximate surface area is 123 Å². The zero-order valence-electron chi connectivity index (χ0n) is 12.1. The summed E-state index contributed by atoms with van der Waals surface area (Å²) in [5, 5.41) is 18.4. The number of rotatable bonds is 7. The highest BCUT2D eigenvalue weighted by Gasteiger charge is 2.22. The Kier molecular flexibility index (Phi) is 6.01. The lowest BCUT2D eigenvalue weighted by Gasteiger charge is -2.27. The van der Waals surface area contributed by atoms with E-state index >= 15 is 0 Å². The van der Waals surface area contributed by atoms with E-state index in [1.807, 2.05) is 32.2 Å². The Morgan fingerprint density at radius 1 is 1.45 bits per heavy atom. The summed E-state index contributed by atoms with van der Waals surface area (Å²) in [5.74, 6) is -0.855. The van der Waals surface area contributed by atoms with Crippen molar-refractivity contribution in [1.29, 1.82) is 0 Å². The number of hydrogen-bond acceptors (Lipinski definition) is 3. The molecule has 112 valence electrons. The summed E-state index contributed by atoms with van der Waals surface area (Å²) in [7, 11) is 0. The number of hydrogen-bond donors (Lipinski definition) is 3. The Hall–Kier alpha value is -1.56. The average molecular weight is 298 g/mol. The molecule has 20 heavy (non-hydrogen) atoms. The van der Waals surface area contributed by atoms with E-state index in [-0.39, 0.29) is 18.5 Å². The lowest BCUT2D eigenvalue weighted by atomic mass is 9.99. The summed E-state index contributed by atoms with van der Waals surface area (Å²) in [6.07, 6.45) is 1.22. The maximum Gasteiger partial charge on any atom is 0.315 e. The zero-order valence-corrected chi connectivity index (χ0v) is 12.9. The van der Waals surface area contributed by atoms with E-state index in [1.54, 1.807) is 11.3 Å². The van der Waals surface area contributed by atoms with Gasteiger partial charge >= 0.3 is 12.0 Å². The lowest BCUT2D eigenvalue weighted by Crippen LogP contribution is -2.51. The fourth-order valence-electron chi connectivity index (χ4n) is 1.86. The van der Waals surface area contributed by atoms with Gasteiger partial charge in [-0.25, -0.2) is 4.79 Å². The fourth-order valence-corrected chi connectivity index (χ4v) is 2.54. The van der Waals surface area contributed by atoms with Gasteiger partial charge in [0.05, 0.1) is 0 Å². The first-order chi connectivity index (χ1) is 9.28. The van der Waals surface area contributed by atoms with Gasteiger partial charge in [-0.1, -0.05) is 0 Å². The largest absolute Gasteiger partial charge is 0.481 e. The molecule has 2 amide bonds. The molecule has 6 heteroatoms. The van der Waals surface area contributed by atoms with Crippen LogP contribution in [0.2, 0.25) is 0 Å². The van der Waals surface area contributed by atoms with Crippen molar-refractivity contribution in [3.8, 4) is 0 Å². The van der Waals surface area contributed by atoms with Crippen molar-refractivity contribution in [2.45, 2.75) is 51.6 Å². The van der Waals surface area contributed by atoms with E-state index < -0.39 is 11.5 Å². The molecule has 1 aromatic rings. The van der Waals surface area contributed by atoms with Crippen LogP contribution >= 0.6 is 11.3 Å². The number of urea groups is 1. The minimum absolute atomic E-state index is 0.0277. The quantitative estimate of drug-likeness (QED) is 0.724. The number of carboxylic acids is 1. The molecular weight excluding hydrogens is 276 g/mol. The molecule has 0 fully saturated rings. The minimum atomic E-state index is -0.855. The molecular formula is C14H22N2O3S. The fraction of sp³-hybridized carbons (Fsp3) is 0.571. The van der Waals surface area contributed by atoms with Gasteiger partial charge in [0.15, 0.2) is 0 Å². The third-order valence-electron chi connectivity index (χ3n) is 2.92. The van der Waals surface area contributed by atoms with Gasteiger partial charge in [0.2, 0.25) is 0 Å². The maximum absolute atomic E-state index is 11.9. The predicted molar refractivity (Wildman–Crippen MR) is 80.1 cm³/mol. The summed E-state index contributed by atoms with van der Waals surface area (Å²) >= 11 is 1.64. The van der Waals surface area contributed by atoms with Gasteiger partial charge < -0.3 is 15.7 Å². The van der Waals surface area contributed by atoms with Crippen LogP contribution in [0.4, 0.5) is 4.79 Å². The molecule has 5 nitrogen and oxygen atoms in total. The third kappa shape index (κ3) is 6.56. The first kappa shape index (κ1) is 16.5. The van der Waals surface area contributed by atoms with Crippen LogP contribution in [-0.4, -0.2) is 28.7 Å². The summed E-state index contributed by atoms with van der Waals surface area (Å²) in [4.78, 5) is 22.4. The van der Waals surface area contributed by atoms with Crippen LogP contribution in [0, 0.1) is 0 Å². The number of aliphatic carboxylic acids is 1. The van der Waals surface area contributed by atoms with Crippen molar-refractivity contribution >= 4 is 23.3 Å². The molecule has 0 spiro atoms. The maximum atomic E-state index is 11.9. The zero-order chi connectivity index (χ0) is 15.2. The Balaban J connectivity index is 2.36. The highest BCUT2D eigenvalue weighted by atomic mass is 32.1. The van der Waals surface area contributed by atoms with E-state index in [0.717, 1.165) is 6.42 Å². The lowest BCUT2D eigenvalue weighted by molar-refractivity contribution is -0.137. The molecule has 0 radical (unpaired) electrons. The second-order valence-corrected chi connectivity index (χ2v) is 6.39. The Bertz CT molecular complexity index is 443. The Morgan fingerprint density at radius 2 is 2.15 bits per heavy atom. The van der Waals surface area contributed by atoms with Gasteiger partial charge in [-0.3, -0.25) is 4.79 Å². The summed E-state index contributed by atoms with van der Waals surface area (Å²) < 4.78 is 0. The van der Waals surface area contributed by atoms with E-state index in [0.29, 0.717) is 6.42 Å². The minimum Gasteiger partial charge on any atom is -0.481 e. The molecule has 1 rings (SSSR count). The van der Waals surface area contributed by atoms with Crippen molar-refractivity contribution in [3.05, 3.63) is 22.4 Å². The van der Waals surface area contributed by atoms with Gasteiger partial charge in [0, 0.05) is 18.0 Å².